The molecule has 2 fully saturated rings. The molecule has 1 aliphatic heterocycles. The Balaban J connectivity index is 1.25. The number of nitrogens with zero attached hydrogens (tertiary/aromatic N) is 2. The molecule has 0 radical (unpaired) electrons. The zero-order valence-corrected chi connectivity index (χ0v) is 21.3. The van der Waals surface area contributed by atoms with Gasteiger partial charge in [0.25, 0.3) is 11.8 Å². The van der Waals surface area contributed by atoms with E-state index < -0.39 is 12.1 Å². The number of rotatable bonds is 10. The minimum atomic E-state index is -0.814. The third kappa shape index (κ3) is 6.27. The van der Waals surface area contributed by atoms with Crippen LogP contribution in [0, 0.1) is 5.41 Å². The lowest BCUT2D eigenvalue weighted by Gasteiger charge is -2.58. The van der Waals surface area contributed by atoms with Crippen LogP contribution in [0.25, 0.3) is 0 Å². The molecule has 36 heavy (non-hydrogen) atoms. The summed E-state index contributed by atoms with van der Waals surface area (Å²) in [6.07, 6.45) is 2.73. The average molecular weight is 535 g/mol. The summed E-state index contributed by atoms with van der Waals surface area (Å²) in [4.78, 5) is 42.2. The molecule has 1 atom stereocenters. The number of carboxylic acids is 1. The molecule has 1 saturated carbocycles. The van der Waals surface area contributed by atoms with Crippen LogP contribution >= 0.6 is 23.2 Å². The second-order valence-electron chi connectivity index (χ2n) is 9.49. The third-order valence-corrected chi connectivity index (χ3v) is 7.00. The van der Waals surface area contributed by atoms with E-state index in [1.165, 1.54) is 12.3 Å². The fraction of sp³-hybridized carbons (Fsp3) is 0.440. The summed E-state index contributed by atoms with van der Waals surface area (Å²) in [5.41, 5.74) is 1.44. The molecule has 2 aliphatic rings. The van der Waals surface area contributed by atoms with Crippen LogP contribution in [0.5, 0.6) is 5.88 Å². The molecule has 1 spiro atoms. The van der Waals surface area contributed by atoms with Crippen molar-refractivity contribution in [1.29, 1.82) is 0 Å². The molecular formula is C25H28Cl2N4O5. The summed E-state index contributed by atoms with van der Waals surface area (Å²) in [5, 5.41) is 15.4. The maximum Gasteiger partial charge on any atom is 0.317 e. The SMILES string of the molecule is CC[C@@H](Oc1ncc(Cl)cc1Cl)C(=O)NCc1cccc(C(=O)NC2CC3(C2)CN(CC(=O)O)C3)c1. The first kappa shape index (κ1) is 26.2. The summed E-state index contributed by atoms with van der Waals surface area (Å²) in [5.74, 6) is -1.16. The van der Waals surface area contributed by atoms with Crippen molar-refractivity contribution in [2.45, 2.75) is 44.9 Å². The van der Waals surface area contributed by atoms with E-state index in [0.717, 1.165) is 31.5 Å². The number of hydrogen-bond donors (Lipinski definition) is 3. The highest BCUT2D eigenvalue weighted by molar-refractivity contribution is 6.35. The van der Waals surface area contributed by atoms with E-state index in [0.29, 0.717) is 17.0 Å². The highest BCUT2D eigenvalue weighted by Gasteiger charge is 2.52. The number of aromatic nitrogens is 1. The van der Waals surface area contributed by atoms with Gasteiger partial charge in [-0.1, -0.05) is 42.3 Å². The van der Waals surface area contributed by atoms with Crippen LogP contribution in [0.15, 0.2) is 36.5 Å². The fourth-order valence-corrected chi connectivity index (χ4v) is 5.32. The van der Waals surface area contributed by atoms with Gasteiger partial charge in [0.1, 0.15) is 5.02 Å². The van der Waals surface area contributed by atoms with Crippen molar-refractivity contribution in [1.82, 2.24) is 20.5 Å². The molecule has 1 saturated heterocycles. The fourth-order valence-electron chi connectivity index (χ4n) is 4.89. The molecule has 9 nitrogen and oxygen atoms in total. The summed E-state index contributed by atoms with van der Waals surface area (Å²) in [6, 6.07) is 8.68. The van der Waals surface area contributed by atoms with E-state index in [1.807, 2.05) is 17.9 Å². The molecule has 0 bridgehead atoms. The van der Waals surface area contributed by atoms with Gasteiger partial charge in [0.2, 0.25) is 5.88 Å². The van der Waals surface area contributed by atoms with Gasteiger partial charge >= 0.3 is 5.97 Å². The smallest absolute Gasteiger partial charge is 0.317 e. The quantitative estimate of drug-likeness (QED) is 0.428. The minimum Gasteiger partial charge on any atom is -0.480 e. The molecule has 11 heteroatoms. The summed E-state index contributed by atoms with van der Waals surface area (Å²) >= 11 is 11.9. The number of carboxylic acid groups (broad SMARTS) is 1. The molecule has 4 rings (SSSR count). The van der Waals surface area contributed by atoms with Gasteiger partial charge in [0.15, 0.2) is 6.10 Å². The molecule has 1 aromatic carbocycles. The number of pyridine rings is 1. The Morgan fingerprint density at radius 1 is 1.25 bits per heavy atom. The molecule has 2 heterocycles. The van der Waals surface area contributed by atoms with E-state index in [9.17, 15) is 14.4 Å². The number of halogens is 2. The number of carbonyl (C=O) groups excluding carboxylic acids is 2. The number of likely N-dealkylation sites (tertiary alicyclic amines) is 1. The van der Waals surface area contributed by atoms with Gasteiger partial charge in [0.05, 0.1) is 11.6 Å². The maximum absolute atomic E-state index is 12.7. The molecule has 1 aliphatic carbocycles. The Morgan fingerprint density at radius 2 is 2.00 bits per heavy atom. The largest absolute Gasteiger partial charge is 0.480 e. The Labute approximate surface area is 219 Å². The molecule has 3 N–H and O–H groups in total. The monoisotopic (exact) mass is 534 g/mol. The van der Waals surface area contributed by atoms with Gasteiger partial charge in [0, 0.05) is 37.4 Å². The lowest BCUT2D eigenvalue weighted by Crippen LogP contribution is -2.67. The van der Waals surface area contributed by atoms with Crippen molar-refractivity contribution >= 4 is 41.0 Å². The zero-order valence-electron chi connectivity index (χ0n) is 19.8. The second kappa shape index (κ2) is 11.0. The normalized spacial score (nSPS) is 17.5. The minimum absolute atomic E-state index is 0.0684. The summed E-state index contributed by atoms with van der Waals surface area (Å²) < 4.78 is 5.67. The average Bonchev–Trinajstić information content (AvgIpc) is 2.79. The predicted octanol–water partition coefficient (Wildman–Crippen LogP) is 3.14. The van der Waals surface area contributed by atoms with Crippen molar-refractivity contribution in [2.75, 3.05) is 19.6 Å². The highest BCUT2D eigenvalue weighted by Crippen LogP contribution is 2.48. The van der Waals surface area contributed by atoms with E-state index in [1.54, 1.807) is 18.2 Å². The van der Waals surface area contributed by atoms with E-state index in [-0.39, 0.29) is 47.3 Å². The first-order chi connectivity index (χ1) is 17.2. The van der Waals surface area contributed by atoms with Gasteiger partial charge in [-0.05, 0) is 48.4 Å². The number of hydrogen-bond acceptors (Lipinski definition) is 6. The number of amides is 2. The number of aliphatic carboxylic acids is 1. The third-order valence-electron chi connectivity index (χ3n) is 6.52. The van der Waals surface area contributed by atoms with Crippen LogP contribution in [-0.4, -0.2) is 64.6 Å². The van der Waals surface area contributed by atoms with Crippen molar-refractivity contribution in [3.8, 4) is 5.88 Å². The first-order valence-electron chi connectivity index (χ1n) is 11.8. The van der Waals surface area contributed by atoms with Gasteiger partial charge in [-0.2, -0.15) is 0 Å². The number of benzene rings is 1. The number of carbonyl (C=O) groups is 3. The molecule has 2 amide bonds. The Hall–Kier alpha value is -2.88. The molecule has 2 aromatic rings. The Kier molecular flexibility index (Phi) is 8.02. The lowest BCUT2D eigenvalue weighted by molar-refractivity contribution is -0.145. The van der Waals surface area contributed by atoms with E-state index in [2.05, 4.69) is 15.6 Å². The second-order valence-corrected chi connectivity index (χ2v) is 10.3. The van der Waals surface area contributed by atoms with Gasteiger partial charge in [-0.3, -0.25) is 19.3 Å². The van der Waals surface area contributed by atoms with Crippen LogP contribution in [0.4, 0.5) is 0 Å². The topological polar surface area (TPSA) is 121 Å². The van der Waals surface area contributed by atoms with Crippen LogP contribution in [0.3, 0.4) is 0 Å². The highest BCUT2D eigenvalue weighted by atomic mass is 35.5. The Morgan fingerprint density at radius 3 is 2.67 bits per heavy atom. The maximum atomic E-state index is 12.7. The van der Waals surface area contributed by atoms with Crippen molar-refractivity contribution < 1.29 is 24.2 Å². The van der Waals surface area contributed by atoms with Gasteiger partial charge in [-0.15, -0.1) is 0 Å². The summed E-state index contributed by atoms with van der Waals surface area (Å²) in [7, 11) is 0. The number of ether oxygens (including phenoxy) is 1. The van der Waals surface area contributed by atoms with Gasteiger partial charge in [-0.25, -0.2) is 4.98 Å². The molecule has 192 valence electrons. The van der Waals surface area contributed by atoms with Crippen molar-refractivity contribution in [3.05, 3.63) is 57.7 Å². The van der Waals surface area contributed by atoms with Crippen LogP contribution in [0.2, 0.25) is 10.0 Å². The number of nitrogens with one attached hydrogen (secondary N) is 2. The molecule has 0 unspecified atom stereocenters. The van der Waals surface area contributed by atoms with Crippen LogP contribution in [0.1, 0.15) is 42.1 Å². The first-order valence-corrected chi connectivity index (χ1v) is 12.5. The Bertz CT molecular complexity index is 1150. The van der Waals surface area contributed by atoms with Crippen LogP contribution < -0.4 is 15.4 Å². The van der Waals surface area contributed by atoms with E-state index >= 15 is 0 Å². The molecule has 1 aromatic heterocycles. The van der Waals surface area contributed by atoms with Crippen molar-refractivity contribution in [3.63, 3.8) is 0 Å². The predicted molar refractivity (Wildman–Crippen MR) is 134 cm³/mol. The zero-order chi connectivity index (χ0) is 25.9. The summed E-state index contributed by atoms with van der Waals surface area (Å²) in [6.45, 7) is 3.65. The lowest BCUT2D eigenvalue weighted by atomic mass is 9.60. The standard InChI is InChI=1S/C25H28Cl2N4O5/c1-2-20(36-24-19(27)7-17(26)11-29-24)23(35)28-10-15-4-3-5-16(6-15)22(34)30-18-8-25(9-18)13-31(14-25)12-21(32)33/h3-7,11,18,20H,2,8-10,12-14H2,1H3,(H,28,35)(H,30,34)(H,32,33)/t20-/m1/s1. The molecular weight excluding hydrogens is 507 g/mol. The van der Waals surface area contributed by atoms with Gasteiger partial charge < -0.3 is 20.5 Å². The van der Waals surface area contributed by atoms with E-state index in [4.69, 9.17) is 33.0 Å². The van der Waals surface area contributed by atoms with Crippen molar-refractivity contribution in [2.24, 2.45) is 5.41 Å². The van der Waals surface area contributed by atoms with Crippen LogP contribution in [-0.2, 0) is 16.1 Å².